The van der Waals surface area contributed by atoms with Crippen LogP contribution in [0.1, 0.15) is 11.3 Å². The van der Waals surface area contributed by atoms with Crippen molar-refractivity contribution in [2.24, 2.45) is 5.73 Å². The number of hydrogen-bond donors (Lipinski definition) is 1. The van der Waals surface area contributed by atoms with Gasteiger partial charge < -0.3 is 5.73 Å². The van der Waals surface area contributed by atoms with E-state index in [0.29, 0.717) is 0 Å². The van der Waals surface area contributed by atoms with Crippen LogP contribution in [0, 0.1) is 0 Å². The molecule has 0 saturated carbocycles. The van der Waals surface area contributed by atoms with Crippen LogP contribution in [0.5, 0.6) is 0 Å². The van der Waals surface area contributed by atoms with E-state index in [4.69, 9.17) is 5.73 Å². The van der Waals surface area contributed by atoms with Crippen LogP contribution in [0.4, 0.5) is 0 Å². The summed E-state index contributed by atoms with van der Waals surface area (Å²) < 4.78 is 1.97. The van der Waals surface area contributed by atoms with E-state index >= 15 is 0 Å². The Kier molecular flexibility index (Phi) is 4.92. The molecule has 0 saturated heterocycles. The molecule has 2 rings (SSSR count). The van der Waals surface area contributed by atoms with Gasteiger partial charge in [-0.1, -0.05) is 30.3 Å². The highest BCUT2D eigenvalue weighted by Crippen LogP contribution is 2.20. The molecule has 0 radical (unpaired) electrons. The summed E-state index contributed by atoms with van der Waals surface area (Å²) in [5, 5.41) is 0. The third-order valence-electron chi connectivity index (χ3n) is 2.68. The minimum absolute atomic E-state index is 0.0809. The molecule has 0 spiro atoms. The Bertz CT molecular complexity index is 514. The van der Waals surface area contributed by atoms with Gasteiger partial charge in [-0.25, -0.2) is 0 Å². The van der Waals surface area contributed by atoms with E-state index < -0.39 is 0 Å². The second kappa shape index (κ2) is 6.45. The molecule has 2 nitrogen and oxygen atoms in total. The van der Waals surface area contributed by atoms with Gasteiger partial charge in [-0.2, -0.15) is 0 Å². The van der Waals surface area contributed by atoms with Gasteiger partial charge in [-0.05, 0) is 49.9 Å². The fourth-order valence-electron chi connectivity index (χ4n) is 1.83. The number of benzene rings is 1. The van der Waals surface area contributed by atoms with Gasteiger partial charge in [0.25, 0.3) is 0 Å². The number of nitrogens with zero attached hydrogens (tertiary/aromatic N) is 1. The average Bonchev–Trinajstić information content (AvgIpc) is 2.34. The minimum atomic E-state index is 0.0809. The molecular formula is C14H14Br2N2. The summed E-state index contributed by atoms with van der Waals surface area (Å²) in [5.74, 6) is 0. The number of halogens is 2. The number of hydrogen-bond acceptors (Lipinski definition) is 2. The Hall–Kier alpha value is -0.710. The Morgan fingerprint density at radius 2 is 1.83 bits per heavy atom. The molecular weight excluding hydrogens is 356 g/mol. The smallest absolute Gasteiger partial charge is 0.0561 e. The van der Waals surface area contributed by atoms with Crippen LogP contribution in [0.25, 0.3) is 0 Å². The zero-order chi connectivity index (χ0) is 13.0. The topological polar surface area (TPSA) is 38.9 Å². The van der Waals surface area contributed by atoms with Crippen LogP contribution in [0.2, 0.25) is 0 Å². The van der Waals surface area contributed by atoms with Crippen molar-refractivity contribution in [3.63, 3.8) is 0 Å². The number of nitrogens with two attached hydrogens (primary N) is 1. The van der Waals surface area contributed by atoms with Crippen molar-refractivity contribution in [3.8, 4) is 0 Å². The summed E-state index contributed by atoms with van der Waals surface area (Å²) in [6.45, 7) is 0. The highest BCUT2D eigenvalue weighted by atomic mass is 79.9. The number of aromatic nitrogens is 1. The molecule has 0 fully saturated rings. The van der Waals surface area contributed by atoms with E-state index in [1.807, 2.05) is 24.3 Å². The van der Waals surface area contributed by atoms with Crippen LogP contribution in [-0.4, -0.2) is 11.0 Å². The Morgan fingerprint density at radius 1 is 1.11 bits per heavy atom. The first-order chi connectivity index (χ1) is 8.65. The van der Waals surface area contributed by atoms with Crippen molar-refractivity contribution in [1.29, 1.82) is 0 Å². The van der Waals surface area contributed by atoms with Gasteiger partial charge in [0.15, 0.2) is 0 Å². The summed E-state index contributed by atoms with van der Waals surface area (Å²) in [4.78, 5) is 4.39. The largest absolute Gasteiger partial charge is 0.327 e. The molecule has 2 aromatic rings. The Balaban J connectivity index is 2.01. The zero-order valence-electron chi connectivity index (χ0n) is 9.81. The maximum Gasteiger partial charge on any atom is 0.0561 e. The predicted molar refractivity (Wildman–Crippen MR) is 81.5 cm³/mol. The van der Waals surface area contributed by atoms with E-state index in [1.54, 1.807) is 6.20 Å². The lowest BCUT2D eigenvalue weighted by atomic mass is 10.0. The van der Waals surface area contributed by atoms with E-state index in [2.05, 4.69) is 49.0 Å². The normalized spacial score (nSPS) is 12.4. The highest BCUT2D eigenvalue weighted by Gasteiger charge is 2.09. The molecule has 0 aliphatic rings. The van der Waals surface area contributed by atoms with Gasteiger partial charge in [0, 0.05) is 27.6 Å². The van der Waals surface area contributed by atoms with Crippen LogP contribution in [-0.2, 0) is 12.8 Å². The second-order valence-corrected chi connectivity index (χ2v) is 6.01. The third kappa shape index (κ3) is 3.90. The van der Waals surface area contributed by atoms with E-state index in [-0.39, 0.29) is 6.04 Å². The van der Waals surface area contributed by atoms with Gasteiger partial charge in [0.1, 0.15) is 0 Å². The fraction of sp³-hybridized carbons (Fsp3) is 0.214. The van der Waals surface area contributed by atoms with Crippen LogP contribution in [0.3, 0.4) is 0 Å². The van der Waals surface area contributed by atoms with E-state index in [0.717, 1.165) is 27.5 Å². The Morgan fingerprint density at radius 3 is 2.50 bits per heavy atom. The summed E-state index contributed by atoms with van der Waals surface area (Å²) in [7, 11) is 0. The molecule has 4 heteroatoms. The lowest BCUT2D eigenvalue weighted by Gasteiger charge is -2.12. The molecule has 94 valence electrons. The maximum absolute atomic E-state index is 6.17. The number of rotatable bonds is 4. The quantitative estimate of drug-likeness (QED) is 0.891. The maximum atomic E-state index is 6.17. The third-order valence-corrected chi connectivity index (χ3v) is 3.80. The van der Waals surface area contributed by atoms with E-state index in [1.165, 1.54) is 5.56 Å². The molecule has 0 aliphatic carbocycles. The number of pyridine rings is 1. The van der Waals surface area contributed by atoms with Crippen molar-refractivity contribution in [1.82, 2.24) is 4.98 Å². The lowest BCUT2D eigenvalue weighted by molar-refractivity contribution is 0.652. The first kappa shape index (κ1) is 13.7. The summed E-state index contributed by atoms with van der Waals surface area (Å²) in [6, 6.07) is 12.4. The summed E-state index contributed by atoms with van der Waals surface area (Å²) in [6.07, 6.45) is 3.43. The summed E-state index contributed by atoms with van der Waals surface area (Å²) in [5.41, 5.74) is 8.44. The highest BCUT2D eigenvalue weighted by molar-refractivity contribution is 9.11. The van der Waals surface area contributed by atoms with Gasteiger partial charge >= 0.3 is 0 Å². The molecule has 1 aromatic heterocycles. The van der Waals surface area contributed by atoms with Crippen molar-refractivity contribution >= 4 is 31.9 Å². The van der Waals surface area contributed by atoms with Gasteiger partial charge in [-0.15, -0.1) is 0 Å². The van der Waals surface area contributed by atoms with Gasteiger partial charge in [0.05, 0.1) is 5.69 Å². The predicted octanol–water partition coefficient (Wildman–Crippen LogP) is 3.72. The Labute approximate surface area is 124 Å². The molecule has 1 aromatic carbocycles. The van der Waals surface area contributed by atoms with Gasteiger partial charge in [0.2, 0.25) is 0 Å². The molecule has 0 aliphatic heterocycles. The van der Waals surface area contributed by atoms with Crippen LogP contribution in [0.15, 0.2) is 51.5 Å². The zero-order valence-corrected chi connectivity index (χ0v) is 13.0. The first-order valence-corrected chi connectivity index (χ1v) is 7.33. The molecule has 1 heterocycles. The van der Waals surface area contributed by atoms with Crippen molar-refractivity contribution in [2.45, 2.75) is 18.9 Å². The lowest BCUT2D eigenvalue weighted by Crippen LogP contribution is -2.26. The monoisotopic (exact) mass is 368 g/mol. The fourth-order valence-corrected chi connectivity index (χ4v) is 2.98. The molecule has 1 unspecified atom stereocenters. The van der Waals surface area contributed by atoms with Gasteiger partial charge in [-0.3, -0.25) is 4.98 Å². The molecule has 0 bridgehead atoms. The van der Waals surface area contributed by atoms with Crippen molar-refractivity contribution < 1.29 is 0 Å². The molecule has 18 heavy (non-hydrogen) atoms. The minimum Gasteiger partial charge on any atom is -0.327 e. The van der Waals surface area contributed by atoms with Crippen LogP contribution >= 0.6 is 31.9 Å². The SMILES string of the molecule is NC(Cc1ccccc1)Cc1ncc(Br)cc1Br. The molecule has 0 amide bonds. The van der Waals surface area contributed by atoms with Crippen molar-refractivity contribution in [2.75, 3.05) is 0 Å². The van der Waals surface area contributed by atoms with Crippen molar-refractivity contribution in [3.05, 3.63) is 62.8 Å². The summed E-state index contributed by atoms with van der Waals surface area (Å²) >= 11 is 6.91. The molecule has 2 N–H and O–H groups in total. The average molecular weight is 370 g/mol. The van der Waals surface area contributed by atoms with E-state index in [9.17, 15) is 0 Å². The first-order valence-electron chi connectivity index (χ1n) is 5.74. The standard InChI is InChI=1S/C14H14Br2N2/c15-11-7-13(16)14(18-9-11)8-12(17)6-10-4-2-1-3-5-10/h1-5,7,9,12H,6,8,17H2. The second-order valence-electron chi connectivity index (χ2n) is 4.24. The van der Waals surface area contributed by atoms with Crippen LogP contribution < -0.4 is 5.73 Å². The molecule has 1 atom stereocenters.